The lowest BCUT2D eigenvalue weighted by Gasteiger charge is -2.34. The number of nitrogens with zero attached hydrogens (tertiary/aromatic N) is 3. The smallest absolute Gasteiger partial charge is 0.343 e. The highest BCUT2D eigenvalue weighted by Crippen LogP contribution is 2.46. The predicted octanol–water partition coefficient (Wildman–Crippen LogP) is 1.98. The first kappa shape index (κ1) is 20.3. The van der Waals surface area contributed by atoms with E-state index < -0.39 is 11.6 Å². The number of nitrogens with two attached hydrogens (primary N) is 1. The molecule has 9 heteroatoms. The topological polar surface area (TPSA) is 111 Å². The number of aromatic nitrogens is 2. The second kappa shape index (κ2) is 6.39. The molecule has 5 heterocycles. The maximum Gasteiger partial charge on any atom is 0.343 e. The van der Waals surface area contributed by atoms with Crippen molar-refractivity contribution in [1.29, 1.82) is 0 Å². The number of hydrogen-bond donors (Lipinski definition) is 2. The third kappa shape index (κ3) is 2.38. The van der Waals surface area contributed by atoms with Crippen molar-refractivity contribution in [2.45, 2.75) is 45.1 Å². The van der Waals surface area contributed by atoms with Crippen LogP contribution in [0.25, 0.3) is 22.3 Å². The van der Waals surface area contributed by atoms with Crippen molar-refractivity contribution >= 4 is 22.6 Å². The largest absolute Gasteiger partial charge is 0.458 e. The summed E-state index contributed by atoms with van der Waals surface area (Å²) >= 11 is 0. The Labute approximate surface area is 188 Å². The van der Waals surface area contributed by atoms with Gasteiger partial charge in [-0.25, -0.2) is 14.2 Å². The molecule has 2 atom stereocenters. The summed E-state index contributed by atoms with van der Waals surface area (Å²) in [6.45, 7) is 3.98. The molecule has 0 saturated carbocycles. The lowest BCUT2D eigenvalue weighted by molar-refractivity contribution is -0.172. The Balaban J connectivity index is 1.71. The molecule has 6 rings (SSSR count). The number of aliphatic hydroxyl groups is 1. The van der Waals surface area contributed by atoms with E-state index >= 15 is 0 Å². The molecule has 3 aliphatic heterocycles. The lowest BCUT2D eigenvalue weighted by Crippen LogP contribution is -2.44. The van der Waals surface area contributed by atoms with E-state index in [0.29, 0.717) is 29.0 Å². The van der Waals surface area contributed by atoms with Crippen LogP contribution in [0.5, 0.6) is 0 Å². The van der Waals surface area contributed by atoms with Gasteiger partial charge in [0.05, 0.1) is 34.7 Å². The molecule has 0 fully saturated rings. The van der Waals surface area contributed by atoms with Gasteiger partial charge in [-0.15, -0.1) is 0 Å². The van der Waals surface area contributed by atoms with Crippen molar-refractivity contribution in [2.24, 2.45) is 5.73 Å². The Morgan fingerprint density at radius 1 is 1.33 bits per heavy atom. The van der Waals surface area contributed by atoms with Gasteiger partial charge in [0, 0.05) is 47.8 Å². The fraction of sp³-hybridized carbons (Fsp3) is 0.375. The SMILES string of the molecule is CC[C@@]1(O)C(=O)OCc2c1cc1n(c2=O)Cc2c-1nc1cc(F)c(C)c3c1c2C(N)CN3C. The van der Waals surface area contributed by atoms with Crippen LogP contribution in [0.15, 0.2) is 16.9 Å². The van der Waals surface area contributed by atoms with Crippen LogP contribution in [0.2, 0.25) is 0 Å². The zero-order chi connectivity index (χ0) is 23.4. The van der Waals surface area contributed by atoms with E-state index in [-0.39, 0.29) is 48.1 Å². The summed E-state index contributed by atoms with van der Waals surface area (Å²) in [6, 6.07) is 2.72. The summed E-state index contributed by atoms with van der Waals surface area (Å²) < 4.78 is 21.5. The van der Waals surface area contributed by atoms with Crippen molar-refractivity contribution in [3.8, 4) is 11.4 Å². The molecule has 33 heavy (non-hydrogen) atoms. The van der Waals surface area contributed by atoms with E-state index in [0.717, 1.165) is 22.2 Å². The van der Waals surface area contributed by atoms with Crippen LogP contribution < -0.4 is 16.2 Å². The normalized spacial score (nSPS) is 22.8. The number of likely N-dealkylation sites (N-methyl/N-ethyl adjacent to an activating group) is 1. The van der Waals surface area contributed by atoms with E-state index in [2.05, 4.69) is 0 Å². The zero-order valence-corrected chi connectivity index (χ0v) is 18.5. The van der Waals surface area contributed by atoms with E-state index in [1.54, 1.807) is 24.5 Å². The Kier molecular flexibility index (Phi) is 3.93. The van der Waals surface area contributed by atoms with Crippen LogP contribution in [0.1, 0.15) is 47.2 Å². The number of fused-ring (bicyclic) bond motifs is 5. The van der Waals surface area contributed by atoms with Gasteiger partial charge in [0.15, 0.2) is 5.60 Å². The Hall–Kier alpha value is -3.30. The quantitative estimate of drug-likeness (QED) is 0.427. The van der Waals surface area contributed by atoms with Crippen LogP contribution in [0.4, 0.5) is 10.1 Å². The van der Waals surface area contributed by atoms with Gasteiger partial charge in [-0.3, -0.25) is 4.79 Å². The number of ether oxygens (including phenoxy) is 1. The molecule has 0 amide bonds. The highest BCUT2D eigenvalue weighted by molar-refractivity contribution is 6.00. The molecule has 1 aromatic carbocycles. The van der Waals surface area contributed by atoms with Gasteiger partial charge in [-0.05, 0) is 25.0 Å². The molecule has 0 saturated heterocycles. The molecule has 170 valence electrons. The number of halogens is 1. The summed E-state index contributed by atoms with van der Waals surface area (Å²) in [5.41, 5.74) is 9.33. The molecule has 3 aromatic rings. The number of rotatable bonds is 1. The average molecular weight is 450 g/mol. The summed E-state index contributed by atoms with van der Waals surface area (Å²) in [5, 5.41) is 11.9. The second-order valence-electron chi connectivity index (χ2n) is 9.17. The summed E-state index contributed by atoms with van der Waals surface area (Å²) in [5.74, 6) is -1.13. The molecule has 0 radical (unpaired) electrons. The van der Waals surface area contributed by atoms with E-state index in [1.165, 1.54) is 6.07 Å². The highest BCUT2D eigenvalue weighted by atomic mass is 19.1. The summed E-state index contributed by atoms with van der Waals surface area (Å²) in [4.78, 5) is 32.5. The third-order valence-electron chi connectivity index (χ3n) is 7.41. The van der Waals surface area contributed by atoms with Crippen LogP contribution >= 0.6 is 0 Å². The minimum absolute atomic E-state index is 0.0655. The maximum atomic E-state index is 14.8. The van der Waals surface area contributed by atoms with Gasteiger partial charge in [0.25, 0.3) is 5.56 Å². The van der Waals surface area contributed by atoms with Gasteiger partial charge in [-0.2, -0.15) is 0 Å². The number of carbonyl (C=O) groups is 1. The van der Waals surface area contributed by atoms with Crippen molar-refractivity contribution < 1.29 is 19.0 Å². The number of anilines is 1. The maximum absolute atomic E-state index is 14.8. The Morgan fingerprint density at radius 3 is 2.82 bits per heavy atom. The fourth-order valence-electron chi connectivity index (χ4n) is 5.69. The molecule has 0 aliphatic carbocycles. The van der Waals surface area contributed by atoms with Crippen LogP contribution in [-0.4, -0.2) is 34.2 Å². The zero-order valence-electron chi connectivity index (χ0n) is 18.5. The van der Waals surface area contributed by atoms with Crippen LogP contribution in [0, 0.1) is 12.7 Å². The van der Waals surface area contributed by atoms with Gasteiger partial charge in [-0.1, -0.05) is 6.92 Å². The monoisotopic (exact) mass is 450 g/mol. The molecule has 0 spiro atoms. The first-order valence-corrected chi connectivity index (χ1v) is 11.0. The molecule has 8 nitrogen and oxygen atoms in total. The molecular formula is C24H23FN4O4. The number of benzene rings is 1. The fourth-order valence-corrected chi connectivity index (χ4v) is 5.69. The standard InChI is InChI=1S/C24H23FN4O4/c1-4-24(32)13-5-17-20-11(7-29(17)22(30)12(13)9-33-23(24)31)18-15(26)8-28(3)21-10(2)14(25)6-16(27-20)19(18)21/h5-6,15,32H,4,7-9,26H2,1-3H3/t15?,24-/m0/s1. The number of pyridine rings is 2. The minimum atomic E-state index is -1.90. The molecule has 0 bridgehead atoms. The number of hydrogen-bond acceptors (Lipinski definition) is 7. The highest BCUT2D eigenvalue weighted by Gasteiger charge is 2.45. The number of cyclic esters (lactones) is 1. The second-order valence-corrected chi connectivity index (χ2v) is 9.17. The Morgan fingerprint density at radius 2 is 2.09 bits per heavy atom. The molecule has 2 aromatic heterocycles. The van der Waals surface area contributed by atoms with Crippen molar-refractivity contribution in [2.75, 3.05) is 18.5 Å². The Bertz CT molecular complexity index is 1480. The lowest BCUT2D eigenvalue weighted by atomic mass is 9.85. The van der Waals surface area contributed by atoms with Crippen LogP contribution in [-0.2, 0) is 28.3 Å². The van der Waals surface area contributed by atoms with Gasteiger partial charge < -0.3 is 25.0 Å². The van der Waals surface area contributed by atoms with Gasteiger partial charge >= 0.3 is 5.97 Å². The van der Waals surface area contributed by atoms with Gasteiger partial charge in [0.2, 0.25) is 0 Å². The van der Waals surface area contributed by atoms with Crippen molar-refractivity contribution in [3.05, 3.63) is 56.1 Å². The first-order valence-electron chi connectivity index (χ1n) is 11.0. The third-order valence-corrected chi connectivity index (χ3v) is 7.41. The first-order chi connectivity index (χ1) is 15.7. The summed E-state index contributed by atoms with van der Waals surface area (Å²) in [7, 11) is 1.88. The predicted molar refractivity (Wildman–Crippen MR) is 119 cm³/mol. The number of esters is 1. The molecule has 3 N–H and O–H groups in total. The minimum Gasteiger partial charge on any atom is -0.458 e. The van der Waals surface area contributed by atoms with Gasteiger partial charge in [0.1, 0.15) is 12.4 Å². The van der Waals surface area contributed by atoms with E-state index in [1.807, 2.05) is 11.9 Å². The summed E-state index contributed by atoms with van der Waals surface area (Å²) in [6.07, 6.45) is 0.0655. The van der Waals surface area contributed by atoms with E-state index in [4.69, 9.17) is 15.5 Å². The molecule has 3 aliphatic rings. The molecule has 1 unspecified atom stereocenters. The van der Waals surface area contributed by atoms with Crippen LogP contribution in [0.3, 0.4) is 0 Å². The molecular weight excluding hydrogens is 427 g/mol. The average Bonchev–Trinajstić information content (AvgIpc) is 3.14. The van der Waals surface area contributed by atoms with E-state index in [9.17, 15) is 19.1 Å². The van der Waals surface area contributed by atoms with Crippen molar-refractivity contribution in [1.82, 2.24) is 9.55 Å². The van der Waals surface area contributed by atoms with Crippen molar-refractivity contribution in [3.63, 3.8) is 0 Å². The number of carbonyl (C=O) groups excluding carboxylic acids is 1.